The maximum atomic E-state index is 11.7. The van der Waals surface area contributed by atoms with Crippen molar-refractivity contribution in [1.82, 2.24) is 5.32 Å². The number of nitrogens with one attached hydrogen (secondary N) is 1. The quantitative estimate of drug-likeness (QED) is 0.608. The first-order valence-electron chi connectivity index (χ1n) is 5.61. The Labute approximate surface area is 94.8 Å². The van der Waals surface area contributed by atoms with E-state index in [0.29, 0.717) is 12.8 Å². The summed E-state index contributed by atoms with van der Waals surface area (Å²) >= 11 is 0. The fourth-order valence-electron chi connectivity index (χ4n) is 1.76. The number of carboxylic acid groups (broad SMARTS) is 1. The van der Waals surface area contributed by atoms with Crippen LogP contribution in [0.3, 0.4) is 0 Å². The fraction of sp³-hybridized carbons (Fsp3) is 0.818. The first-order chi connectivity index (χ1) is 7.47. The predicted molar refractivity (Wildman–Crippen MR) is 57.7 cm³/mol. The van der Waals surface area contributed by atoms with Crippen molar-refractivity contribution < 1.29 is 19.8 Å². The molecule has 0 aromatic heterocycles. The highest BCUT2D eigenvalue weighted by atomic mass is 16.4. The molecule has 1 aliphatic carbocycles. The Balaban J connectivity index is 2.41. The number of aliphatic hydroxyl groups is 1. The van der Waals surface area contributed by atoms with Crippen LogP contribution in [-0.4, -0.2) is 34.7 Å². The van der Waals surface area contributed by atoms with Crippen LogP contribution >= 0.6 is 0 Å². The van der Waals surface area contributed by atoms with Crippen LogP contribution in [0.2, 0.25) is 0 Å². The predicted octanol–water partition coefficient (Wildman–Crippen LogP) is 0.230. The first kappa shape index (κ1) is 13.0. The Hall–Kier alpha value is -1.10. The SMILES string of the molecule is CC(C)C(CCO)NC(=O)[C@@H]1C[C@@H]1C(=O)O. The minimum atomic E-state index is -0.900. The van der Waals surface area contributed by atoms with Gasteiger partial charge in [0.25, 0.3) is 0 Å². The zero-order valence-electron chi connectivity index (χ0n) is 9.64. The lowest BCUT2D eigenvalue weighted by atomic mass is 10.0. The highest BCUT2D eigenvalue weighted by Gasteiger charge is 2.48. The molecule has 0 aromatic carbocycles. The standard InChI is InChI=1S/C11H19NO4/c1-6(2)9(3-4-13)12-10(14)7-5-8(7)11(15)16/h6-9,13H,3-5H2,1-2H3,(H,12,14)(H,15,16)/t7-,8+,9?/m1/s1. The zero-order chi connectivity index (χ0) is 12.3. The van der Waals surface area contributed by atoms with Crippen molar-refractivity contribution in [1.29, 1.82) is 0 Å². The Morgan fingerprint density at radius 1 is 1.38 bits per heavy atom. The molecule has 92 valence electrons. The molecule has 0 spiro atoms. The van der Waals surface area contributed by atoms with Crippen LogP contribution in [0.4, 0.5) is 0 Å². The normalized spacial score (nSPS) is 25.2. The van der Waals surface area contributed by atoms with Crippen LogP contribution in [0.1, 0.15) is 26.7 Å². The molecule has 3 atom stereocenters. The number of hydrogen-bond donors (Lipinski definition) is 3. The van der Waals surface area contributed by atoms with Gasteiger partial charge in [-0.25, -0.2) is 0 Å². The molecule has 1 aliphatic rings. The van der Waals surface area contributed by atoms with Crippen LogP contribution < -0.4 is 5.32 Å². The number of rotatable bonds is 6. The zero-order valence-corrected chi connectivity index (χ0v) is 9.64. The molecule has 0 saturated heterocycles. The van der Waals surface area contributed by atoms with Gasteiger partial charge in [-0.05, 0) is 18.8 Å². The molecule has 5 nitrogen and oxygen atoms in total. The first-order valence-corrected chi connectivity index (χ1v) is 5.61. The van der Waals surface area contributed by atoms with Crippen LogP contribution in [0.25, 0.3) is 0 Å². The van der Waals surface area contributed by atoms with Gasteiger partial charge in [0, 0.05) is 12.6 Å². The molecule has 1 saturated carbocycles. The van der Waals surface area contributed by atoms with Gasteiger partial charge in [0.05, 0.1) is 11.8 Å². The summed E-state index contributed by atoms with van der Waals surface area (Å²) in [5.74, 6) is -1.75. The lowest BCUT2D eigenvalue weighted by molar-refractivity contribution is -0.140. The van der Waals surface area contributed by atoms with Gasteiger partial charge in [-0.15, -0.1) is 0 Å². The molecule has 0 bridgehead atoms. The number of hydrogen-bond acceptors (Lipinski definition) is 3. The number of amides is 1. The summed E-state index contributed by atoms with van der Waals surface area (Å²) in [7, 11) is 0. The number of aliphatic carboxylic acids is 1. The van der Waals surface area contributed by atoms with Crippen molar-refractivity contribution >= 4 is 11.9 Å². The van der Waals surface area contributed by atoms with Gasteiger partial charge in [0.15, 0.2) is 0 Å². The summed E-state index contributed by atoms with van der Waals surface area (Å²) in [5.41, 5.74) is 0. The molecule has 3 N–H and O–H groups in total. The van der Waals surface area contributed by atoms with Crippen LogP contribution in [0.15, 0.2) is 0 Å². The lowest BCUT2D eigenvalue weighted by Crippen LogP contribution is -2.40. The second kappa shape index (κ2) is 5.30. The van der Waals surface area contributed by atoms with Crippen molar-refractivity contribution in [3.05, 3.63) is 0 Å². The van der Waals surface area contributed by atoms with Gasteiger partial charge in [-0.2, -0.15) is 0 Å². The van der Waals surface area contributed by atoms with Gasteiger partial charge in [0.1, 0.15) is 0 Å². The van der Waals surface area contributed by atoms with Crippen LogP contribution in [0.5, 0.6) is 0 Å². The Kier molecular flexibility index (Phi) is 4.29. The highest BCUT2D eigenvalue weighted by molar-refractivity contribution is 5.89. The molecular formula is C11H19NO4. The van der Waals surface area contributed by atoms with Crippen LogP contribution in [-0.2, 0) is 9.59 Å². The van der Waals surface area contributed by atoms with Gasteiger partial charge in [-0.3, -0.25) is 9.59 Å². The molecule has 16 heavy (non-hydrogen) atoms. The maximum Gasteiger partial charge on any atom is 0.307 e. The molecule has 1 unspecified atom stereocenters. The number of carbonyl (C=O) groups is 2. The summed E-state index contributed by atoms with van der Waals surface area (Å²) in [6, 6.07) is -0.0763. The Bertz CT molecular complexity index is 277. The van der Waals surface area contributed by atoms with E-state index in [2.05, 4.69) is 5.32 Å². The van der Waals surface area contributed by atoms with E-state index in [9.17, 15) is 9.59 Å². The number of carboxylic acids is 1. The summed E-state index contributed by atoms with van der Waals surface area (Å²) in [6.07, 6.45) is 0.943. The second-order valence-corrected chi connectivity index (χ2v) is 4.66. The average molecular weight is 229 g/mol. The molecule has 0 aromatic rings. The van der Waals surface area contributed by atoms with E-state index in [4.69, 9.17) is 10.2 Å². The van der Waals surface area contributed by atoms with Gasteiger partial charge in [0.2, 0.25) is 5.91 Å². The van der Waals surface area contributed by atoms with E-state index < -0.39 is 11.9 Å². The van der Waals surface area contributed by atoms with E-state index in [1.807, 2.05) is 13.8 Å². The molecule has 1 amide bonds. The van der Waals surface area contributed by atoms with E-state index in [1.165, 1.54) is 0 Å². The van der Waals surface area contributed by atoms with Crippen molar-refractivity contribution in [3.63, 3.8) is 0 Å². The molecule has 1 rings (SSSR count). The third kappa shape index (κ3) is 3.20. The van der Waals surface area contributed by atoms with E-state index in [-0.39, 0.29) is 30.4 Å². The minimum absolute atomic E-state index is 0.0240. The largest absolute Gasteiger partial charge is 0.481 e. The fourth-order valence-corrected chi connectivity index (χ4v) is 1.76. The van der Waals surface area contributed by atoms with Gasteiger partial charge < -0.3 is 15.5 Å². The van der Waals surface area contributed by atoms with Crippen LogP contribution in [0, 0.1) is 17.8 Å². The van der Waals surface area contributed by atoms with Crippen molar-refractivity contribution in [2.75, 3.05) is 6.61 Å². The molecule has 0 heterocycles. The molecule has 0 aliphatic heterocycles. The molecule has 5 heteroatoms. The minimum Gasteiger partial charge on any atom is -0.481 e. The second-order valence-electron chi connectivity index (χ2n) is 4.66. The third-order valence-electron chi connectivity index (χ3n) is 3.02. The van der Waals surface area contributed by atoms with Gasteiger partial charge in [-0.1, -0.05) is 13.8 Å². The molecular weight excluding hydrogens is 210 g/mol. The maximum absolute atomic E-state index is 11.7. The number of carbonyl (C=O) groups excluding carboxylic acids is 1. The topological polar surface area (TPSA) is 86.6 Å². The summed E-state index contributed by atoms with van der Waals surface area (Å²) in [4.78, 5) is 22.3. The monoisotopic (exact) mass is 229 g/mol. The lowest BCUT2D eigenvalue weighted by Gasteiger charge is -2.21. The van der Waals surface area contributed by atoms with E-state index in [1.54, 1.807) is 0 Å². The summed E-state index contributed by atoms with van der Waals surface area (Å²) in [6.45, 7) is 3.94. The average Bonchev–Trinajstić information content (AvgIpc) is 2.96. The summed E-state index contributed by atoms with van der Waals surface area (Å²) in [5, 5.41) is 20.3. The molecule has 1 fully saturated rings. The summed E-state index contributed by atoms with van der Waals surface area (Å²) < 4.78 is 0. The van der Waals surface area contributed by atoms with E-state index >= 15 is 0 Å². The number of aliphatic hydroxyl groups excluding tert-OH is 1. The van der Waals surface area contributed by atoms with Crippen molar-refractivity contribution in [2.45, 2.75) is 32.7 Å². The van der Waals surface area contributed by atoms with Crippen molar-refractivity contribution in [3.8, 4) is 0 Å². The molecule has 0 radical (unpaired) electrons. The third-order valence-corrected chi connectivity index (χ3v) is 3.02. The smallest absolute Gasteiger partial charge is 0.307 e. The van der Waals surface area contributed by atoms with Gasteiger partial charge >= 0.3 is 5.97 Å². The van der Waals surface area contributed by atoms with Crippen molar-refractivity contribution in [2.24, 2.45) is 17.8 Å². The van der Waals surface area contributed by atoms with E-state index in [0.717, 1.165) is 0 Å². The Morgan fingerprint density at radius 2 is 2.00 bits per heavy atom. The highest BCUT2D eigenvalue weighted by Crippen LogP contribution is 2.38. The Morgan fingerprint density at radius 3 is 2.38 bits per heavy atom.